The summed E-state index contributed by atoms with van der Waals surface area (Å²) < 4.78 is 16.0. The number of nitrogens with two attached hydrogens (primary N) is 1. The molecule has 0 spiro atoms. The molecule has 16 heavy (non-hydrogen) atoms. The van der Waals surface area contributed by atoms with Crippen LogP contribution in [0.4, 0.5) is 0 Å². The Bertz CT molecular complexity index is 359. The zero-order chi connectivity index (χ0) is 12.1. The smallest absolute Gasteiger partial charge is 0.204 e. The van der Waals surface area contributed by atoms with E-state index in [1.807, 2.05) is 6.07 Å². The molecule has 0 heterocycles. The van der Waals surface area contributed by atoms with E-state index in [1.54, 1.807) is 33.3 Å². The zero-order valence-electron chi connectivity index (χ0n) is 9.52. The van der Waals surface area contributed by atoms with E-state index in [-0.39, 0.29) is 11.1 Å². The van der Waals surface area contributed by atoms with Gasteiger partial charge in [0.05, 0.1) is 14.2 Å². The lowest BCUT2D eigenvalue weighted by Gasteiger charge is -2.17. The number of methoxy groups -OCH3 is 2. The summed E-state index contributed by atoms with van der Waals surface area (Å²) in [7, 11) is 3.13. The van der Waals surface area contributed by atoms with Crippen LogP contribution in [-0.4, -0.2) is 25.3 Å². The van der Waals surface area contributed by atoms with Gasteiger partial charge in [-0.25, -0.2) is 0 Å². The summed E-state index contributed by atoms with van der Waals surface area (Å²) in [6, 6.07) is 5.38. The third kappa shape index (κ3) is 2.76. The predicted molar refractivity (Wildman–Crippen MR) is 66.4 cm³/mol. The highest BCUT2D eigenvalue weighted by molar-refractivity contribution is 7.80. The SMILES string of the molecule is COc1cccc(OC)c1OC(C)C(N)=S. The maximum Gasteiger partial charge on any atom is 0.204 e. The number of para-hydroxylation sites is 1. The highest BCUT2D eigenvalue weighted by Gasteiger charge is 2.15. The van der Waals surface area contributed by atoms with E-state index < -0.39 is 0 Å². The maximum absolute atomic E-state index is 5.60. The summed E-state index contributed by atoms with van der Waals surface area (Å²) in [5.74, 6) is 1.68. The van der Waals surface area contributed by atoms with Crippen molar-refractivity contribution >= 4 is 17.2 Å². The number of benzene rings is 1. The van der Waals surface area contributed by atoms with Gasteiger partial charge in [0.15, 0.2) is 11.5 Å². The Morgan fingerprint density at radius 2 is 1.75 bits per heavy atom. The van der Waals surface area contributed by atoms with Crippen molar-refractivity contribution < 1.29 is 14.2 Å². The highest BCUT2D eigenvalue weighted by atomic mass is 32.1. The van der Waals surface area contributed by atoms with E-state index in [4.69, 9.17) is 32.2 Å². The van der Waals surface area contributed by atoms with Crippen molar-refractivity contribution in [3.63, 3.8) is 0 Å². The minimum atomic E-state index is -0.375. The first-order chi connectivity index (χ1) is 7.60. The van der Waals surface area contributed by atoms with Gasteiger partial charge in [-0.2, -0.15) is 0 Å². The van der Waals surface area contributed by atoms with Gasteiger partial charge in [0.1, 0.15) is 11.1 Å². The van der Waals surface area contributed by atoms with Gasteiger partial charge in [-0.05, 0) is 19.1 Å². The molecule has 2 N–H and O–H groups in total. The van der Waals surface area contributed by atoms with Gasteiger partial charge in [-0.3, -0.25) is 0 Å². The second-order valence-electron chi connectivity index (χ2n) is 3.15. The fraction of sp³-hybridized carbons (Fsp3) is 0.364. The van der Waals surface area contributed by atoms with Crippen LogP contribution in [-0.2, 0) is 0 Å². The van der Waals surface area contributed by atoms with Crippen LogP contribution in [0.3, 0.4) is 0 Å². The zero-order valence-corrected chi connectivity index (χ0v) is 10.3. The van der Waals surface area contributed by atoms with Gasteiger partial charge in [0.25, 0.3) is 0 Å². The quantitative estimate of drug-likeness (QED) is 0.796. The third-order valence-corrected chi connectivity index (χ3v) is 2.41. The summed E-state index contributed by atoms with van der Waals surface area (Å²) in [5.41, 5.74) is 5.49. The standard InChI is InChI=1S/C11H15NO3S/c1-7(11(12)16)15-10-8(13-2)5-4-6-9(10)14-3/h4-7H,1-3H3,(H2,12,16). The maximum atomic E-state index is 5.60. The minimum absolute atomic E-state index is 0.285. The van der Waals surface area contributed by atoms with E-state index in [0.29, 0.717) is 17.2 Å². The molecule has 1 aromatic rings. The van der Waals surface area contributed by atoms with Crippen molar-refractivity contribution in [2.75, 3.05) is 14.2 Å². The van der Waals surface area contributed by atoms with Crippen LogP contribution in [0.1, 0.15) is 6.92 Å². The molecule has 88 valence electrons. The first kappa shape index (κ1) is 12.6. The molecule has 1 rings (SSSR count). The molecule has 0 radical (unpaired) electrons. The average Bonchev–Trinajstić information content (AvgIpc) is 2.29. The summed E-state index contributed by atoms with van der Waals surface area (Å²) in [6.45, 7) is 1.77. The molecule has 0 aliphatic carbocycles. The molecule has 0 amide bonds. The first-order valence-electron chi connectivity index (χ1n) is 4.77. The van der Waals surface area contributed by atoms with Gasteiger partial charge in [0, 0.05) is 0 Å². The molecular formula is C11H15NO3S. The van der Waals surface area contributed by atoms with Crippen molar-refractivity contribution in [3.8, 4) is 17.2 Å². The molecule has 0 bridgehead atoms. The Kier molecular flexibility index (Phi) is 4.37. The van der Waals surface area contributed by atoms with Gasteiger partial charge < -0.3 is 19.9 Å². The lowest BCUT2D eigenvalue weighted by molar-refractivity contribution is 0.253. The van der Waals surface area contributed by atoms with Crippen molar-refractivity contribution in [3.05, 3.63) is 18.2 Å². The number of ether oxygens (including phenoxy) is 3. The Labute approximate surface area is 100 Å². The molecule has 0 saturated heterocycles. The van der Waals surface area contributed by atoms with Crippen LogP contribution in [0, 0.1) is 0 Å². The van der Waals surface area contributed by atoms with Crippen molar-refractivity contribution in [1.82, 2.24) is 0 Å². The molecule has 0 aliphatic rings. The largest absolute Gasteiger partial charge is 0.493 e. The van der Waals surface area contributed by atoms with Gasteiger partial charge in [0.2, 0.25) is 5.75 Å². The number of rotatable bonds is 5. The summed E-state index contributed by atoms with van der Waals surface area (Å²) >= 11 is 4.85. The average molecular weight is 241 g/mol. The second-order valence-corrected chi connectivity index (χ2v) is 3.63. The Morgan fingerprint density at radius 3 is 2.12 bits per heavy atom. The van der Waals surface area contributed by atoms with E-state index >= 15 is 0 Å². The van der Waals surface area contributed by atoms with Gasteiger partial charge >= 0.3 is 0 Å². The molecule has 1 atom stereocenters. The molecular weight excluding hydrogens is 226 g/mol. The number of hydrogen-bond acceptors (Lipinski definition) is 4. The van der Waals surface area contributed by atoms with Crippen LogP contribution < -0.4 is 19.9 Å². The van der Waals surface area contributed by atoms with Crippen LogP contribution in [0.2, 0.25) is 0 Å². The van der Waals surface area contributed by atoms with Crippen molar-refractivity contribution in [2.24, 2.45) is 5.73 Å². The van der Waals surface area contributed by atoms with Gasteiger partial charge in [-0.1, -0.05) is 18.3 Å². The number of hydrogen-bond donors (Lipinski definition) is 1. The fourth-order valence-corrected chi connectivity index (χ4v) is 1.22. The molecule has 4 nitrogen and oxygen atoms in total. The first-order valence-corrected chi connectivity index (χ1v) is 5.18. The van der Waals surface area contributed by atoms with E-state index in [2.05, 4.69) is 0 Å². The Morgan fingerprint density at radius 1 is 1.25 bits per heavy atom. The van der Waals surface area contributed by atoms with Crippen LogP contribution in [0.5, 0.6) is 17.2 Å². The van der Waals surface area contributed by atoms with Crippen molar-refractivity contribution in [1.29, 1.82) is 0 Å². The molecule has 0 aromatic heterocycles. The summed E-state index contributed by atoms with van der Waals surface area (Å²) in [6.07, 6.45) is -0.375. The van der Waals surface area contributed by atoms with E-state index in [0.717, 1.165) is 0 Å². The normalized spacial score (nSPS) is 11.7. The monoisotopic (exact) mass is 241 g/mol. The predicted octanol–water partition coefficient (Wildman–Crippen LogP) is 1.76. The lowest BCUT2D eigenvalue weighted by atomic mass is 10.3. The lowest BCUT2D eigenvalue weighted by Crippen LogP contribution is -2.29. The van der Waals surface area contributed by atoms with E-state index in [1.165, 1.54) is 0 Å². The van der Waals surface area contributed by atoms with E-state index in [9.17, 15) is 0 Å². The summed E-state index contributed by atoms with van der Waals surface area (Å²) in [5, 5.41) is 0. The second kappa shape index (κ2) is 5.55. The Balaban J connectivity index is 3.04. The Hall–Kier alpha value is -1.49. The molecule has 1 aromatic carbocycles. The number of thiocarbonyl (C=S) groups is 1. The fourth-order valence-electron chi connectivity index (χ4n) is 1.17. The molecule has 0 aliphatic heterocycles. The molecule has 1 unspecified atom stereocenters. The van der Waals surface area contributed by atoms with Gasteiger partial charge in [-0.15, -0.1) is 0 Å². The van der Waals surface area contributed by atoms with Crippen LogP contribution >= 0.6 is 12.2 Å². The van der Waals surface area contributed by atoms with Crippen molar-refractivity contribution in [2.45, 2.75) is 13.0 Å². The molecule has 5 heteroatoms. The molecule has 0 fully saturated rings. The minimum Gasteiger partial charge on any atom is -0.493 e. The topological polar surface area (TPSA) is 53.7 Å². The highest BCUT2D eigenvalue weighted by Crippen LogP contribution is 2.37. The molecule has 0 saturated carbocycles. The van der Waals surface area contributed by atoms with Crippen LogP contribution in [0.25, 0.3) is 0 Å². The third-order valence-electron chi connectivity index (χ3n) is 2.08. The van der Waals surface area contributed by atoms with Crippen LogP contribution in [0.15, 0.2) is 18.2 Å². The summed E-state index contributed by atoms with van der Waals surface area (Å²) in [4.78, 5) is 0.285.